The normalized spacial score (nSPS) is 37.3. The lowest BCUT2D eigenvalue weighted by molar-refractivity contribution is -0.115. The molecule has 0 aliphatic heterocycles. The SMILES string of the molecule is Cc1ccsc1CN[C@@H]1C[C@H]2C[C@H]([C@H]1C)C2(C)C. The van der Waals surface area contributed by atoms with Gasteiger partial charge in [0, 0.05) is 17.5 Å². The fraction of sp³-hybridized carbons (Fsp3) is 0.750. The second-order valence-electron chi connectivity index (χ2n) is 6.97. The van der Waals surface area contributed by atoms with Crippen molar-refractivity contribution in [3.63, 3.8) is 0 Å². The molecule has 2 bridgehead atoms. The lowest BCUT2D eigenvalue weighted by Gasteiger charge is -2.62. The maximum Gasteiger partial charge on any atom is 0.0305 e. The first kappa shape index (κ1) is 12.7. The summed E-state index contributed by atoms with van der Waals surface area (Å²) in [6.07, 6.45) is 2.86. The van der Waals surface area contributed by atoms with Crippen molar-refractivity contribution in [1.29, 1.82) is 0 Å². The molecular formula is C16H25NS. The highest BCUT2D eigenvalue weighted by Gasteiger charge is 2.55. The Kier molecular flexibility index (Phi) is 3.06. The Labute approximate surface area is 115 Å². The van der Waals surface area contributed by atoms with Crippen molar-refractivity contribution < 1.29 is 0 Å². The Morgan fingerprint density at radius 1 is 1.39 bits per heavy atom. The van der Waals surface area contributed by atoms with Gasteiger partial charge in [-0.2, -0.15) is 0 Å². The molecule has 0 aromatic carbocycles. The Bertz CT molecular complexity index is 434. The van der Waals surface area contributed by atoms with Crippen LogP contribution in [-0.4, -0.2) is 6.04 Å². The molecule has 1 nitrogen and oxygen atoms in total. The van der Waals surface area contributed by atoms with Gasteiger partial charge in [-0.05, 0) is 59.9 Å². The lowest BCUT2D eigenvalue weighted by atomic mass is 9.45. The van der Waals surface area contributed by atoms with Gasteiger partial charge in [-0.25, -0.2) is 0 Å². The van der Waals surface area contributed by atoms with E-state index in [2.05, 4.69) is 44.5 Å². The quantitative estimate of drug-likeness (QED) is 0.861. The minimum Gasteiger partial charge on any atom is -0.309 e. The number of fused-ring (bicyclic) bond motifs is 2. The van der Waals surface area contributed by atoms with Gasteiger partial charge in [-0.3, -0.25) is 0 Å². The number of aryl methyl sites for hydroxylation is 1. The summed E-state index contributed by atoms with van der Waals surface area (Å²) in [6, 6.07) is 2.97. The average Bonchev–Trinajstić information content (AvgIpc) is 2.73. The van der Waals surface area contributed by atoms with Gasteiger partial charge in [0.05, 0.1) is 0 Å². The van der Waals surface area contributed by atoms with Crippen molar-refractivity contribution in [1.82, 2.24) is 5.32 Å². The number of hydrogen-bond donors (Lipinski definition) is 1. The lowest BCUT2D eigenvalue weighted by Crippen LogP contribution is -2.59. The monoisotopic (exact) mass is 263 g/mol. The summed E-state index contributed by atoms with van der Waals surface area (Å²) >= 11 is 1.89. The molecule has 0 spiro atoms. The van der Waals surface area contributed by atoms with Crippen LogP contribution in [0.1, 0.15) is 44.1 Å². The fourth-order valence-electron chi connectivity index (χ4n) is 4.23. The van der Waals surface area contributed by atoms with Crippen molar-refractivity contribution in [3.8, 4) is 0 Å². The van der Waals surface area contributed by atoms with E-state index in [9.17, 15) is 0 Å². The molecule has 0 radical (unpaired) electrons. The van der Waals surface area contributed by atoms with Gasteiger partial charge in [0.25, 0.3) is 0 Å². The van der Waals surface area contributed by atoms with Crippen LogP contribution in [0.15, 0.2) is 11.4 Å². The highest BCUT2D eigenvalue weighted by molar-refractivity contribution is 7.10. The topological polar surface area (TPSA) is 12.0 Å². The number of hydrogen-bond acceptors (Lipinski definition) is 2. The summed E-state index contributed by atoms with van der Waals surface area (Å²) in [4.78, 5) is 1.51. The summed E-state index contributed by atoms with van der Waals surface area (Å²) in [5.74, 6) is 2.74. The first-order valence-corrected chi connectivity index (χ1v) is 8.14. The Morgan fingerprint density at radius 2 is 2.17 bits per heavy atom. The maximum atomic E-state index is 3.82. The zero-order valence-corrected chi connectivity index (χ0v) is 12.8. The molecule has 4 rings (SSSR count). The third-order valence-corrected chi connectivity index (χ3v) is 6.87. The molecule has 1 aromatic heterocycles. The molecule has 0 amide bonds. The van der Waals surface area contributed by atoms with Crippen LogP contribution < -0.4 is 5.32 Å². The van der Waals surface area contributed by atoms with Gasteiger partial charge in [-0.15, -0.1) is 11.3 Å². The van der Waals surface area contributed by atoms with Crippen molar-refractivity contribution in [2.24, 2.45) is 23.2 Å². The van der Waals surface area contributed by atoms with E-state index in [-0.39, 0.29) is 0 Å². The van der Waals surface area contributed by atoms with E-state index in [0.717, 1.165) is 30.3 Å². The van der Waals surface area contributed by atoms with E-state index in [1.807, 2.05) is 11.3 Å². The zero-order chi connectivity index (χ0) is 12.9. The van der Waals surface area contributed by atoms with E-state index in [4.69, 9.17) is 0 Å². The van der Waals surface area contributed by atoms with Gasteiger partial charge in [0.15, 0.2) is 0 Å². The van der Waals surface area contributed by atoms with Crippen LogP contribution in [0.3, 0.4) is 0 Å². The van der Waals surface area contributed by atoms with E-state index < -0.39 is 0 Å². The predicted octanol–water partition coefficient (Wildman–Crippen LogP) is 4.22. The Morgan fingerprint density at radius 3 is 2.72 bits per heavy atom. The van der Waals surface area contributed by atoms with Crippen molar-refractivity contribution in [2.75, 3.05) is 0 Å². The van der Waals surface area contributed by atoms with Crippen LogP contribution in [0.25, 0.3) is 0 Å². The number of rotatable bonds is 3. The maximum absolute atomic E-state index is 3.82. The molecule has 1 heterocycles. The summed E-state index contributed by atoms with van der Waals surface area (Å²) in [7, 11) is 0. The van der Waals surface area contributed by atoms with E-state index in [0.29, 0.717) is 5.41 Å². The molecule has 0 saturated heterocycles. The van der Waals surface area contributed by atoms with Crippen LogP contribution in [0.2, 0.25) is 0 Å². The predicted molar refractivity (Wildman–Crippen MR) is 78.8 cm³/mol. The zero-order valence-electron chi connectivity index (χ0n) is 12.0. The Hall–Kier alpha value is -0.340. The van der Waals surface area contributed by atoms with Gasteiger partial charge < -0.3 is 5.32 Å². The van der Waals surface area contributed by atoms with Crippen LogP contribution in [-0.2, 0) is 6.54 Å². The van der Waals surface area contributed by atoms with Gasteiger partial charge in [0.2, 0.25) is 0 Å². The van der Waals surface area contributed by atoms with Crippen molar-refractivity contribution in [3.05, 3.63) is 21.9 Å². The van der Waals surface area contributed by atoms with E-state index in [1.54, 1.807) is 0 Å². The first-order chi connectivity index (χ1) is 8.50. The van der Waals surface area contributed by atoms with Crippen molar-refractivity contribution >= 4 is 11.3 Å². The molecule has 1 N–H and O–H groups in total. The molecule has 0 unspecified atom stereocenters. The average molecular weight is 263 g/mol. The first-order valence-electron chi connectivity index (χ1n) is 7.26. The highest BCUT2D eigenvalue weighted by Crippen LogP contribution is 2.61. The molecule has 18 heavy (non-hydrogen) atoms. The third kappa shape index (κ3) is 1.85. The largest absolute Gasteiger partial charge is 0.309 e. The van der Waals surface area contributed by atoms with Crippen molar-refractivity contribution in [2.45, 2.75) is 53.1 Å². The standard InChI is InChI=1S/C16H25NS/c1-10-5-6-18-15(10)9-17-14-8-12-7-13(11(14)2)16(12,3)4/h5-6,11-14,17H,7-9H2,1-4H3/t11-,12-,13-,14-/m1/s1. The molecular weight excluding hydrogens is 238 g/mol. The molecule has 100 valence electrons. The van der Waals surface area contributed by atoms with Crippen LogP contribution in [0.4, 0.5) is 0 Å². The second kappa shape index (κ2) is 4.35. The molecule has 1 aromatic rings. The summed E-state index contributed by atoms with van der Waals surface area (Å²) in [5.41, 5.74) is 2.05. The molecule has 3 aliphatic rings. The fourth-order valence-corrected chi connectivity index (χ4v) is 5.09. The number of nitrogens with one attached hydrogen (secondary N) is 1. The molecule has 2 heteroatoms. The Balaban J connectivity index is 1.61. The van der Waals surface area contributed by atoms with Crippen LogP contribution in [0.5, 0.6) is 0 Å². The van der Waals surface area contributed by atoms with Gasteiger partial charge in [-0.1, -0.05) is 20.8 Å². The molecule has 3 saturated carbocycles. The summed E-state index contributed by atoms with van der Waals surface area (Å²) < 4.78 is 0. The van der Waals surface area contributed by atoms with E-state index >= 15 is 0 Å². The minimum atomic E-state index is 0.608. The molecule has 3 aliphatic carbocycles. The van der Waals surface area contributed by atoms with E-state index in [1.165, 1.54) is 23.3 Å². The summed E-state index contributed by atoms with van der Waals surface area (Å²) in [6.45, 7) is 10.7. The second-order valence-corrected chi connectivity index (χ2v) is 7.97. The molecule has 3 fully saturated rings. The number of thiophene rings is 1. The van der Waals surface area contributed by atoms with Gasteiger partial charge in [0.1, 0.15) is 0 Å². The van der Waals surface area contributed by atoms with Crippen LogP contribution >= 0.6 is 11.3 Å². The minimum absolute atomic E-state index is 0.608. The molecule has 4 atom stereocenters. The smallest absolute Gasteiger partial charge is 0.0305 e. The third-order valence-electron chi connectivity index (χ3n) is 5.85. The summed E-state index contributed by atoms with van der Waals surface area (Å²) in [5, 5.41) is 6.03. The highest BCUT2D eigenvalue weighted by atomic mass is 32.1. The van der Waals surface area contributed by atoms with Crippen LogP contribution in [0, 0.1) is 30.1 Å². The van der Waals surface area contributed by atoms with Gasteiger partial charge >= 0.3 is 0 Å².